The van der Waals surface area contributed by atoms with Gasteiger partial charge in [-0.25, -0.2) is 0 Å². The zero-order chi connectivity index (χ0) is 14.5. The van der Waals surface area contributed by atoms with Gasteiger partial charge < -0.3 is 10.1 Å². The number of hydrogen-bond acceptors (Lipinski definition) is 3. The van der Waals surface area contributed by atoms with Gasteiger partial charge in [-0.3, -0.25) is 4.90 Å². The molecule has 0 aromatic heterocycles. The molecule has 2 rings (SSSR count). The third kappa shape index (κ3) is 4.30. The van der Waals surface area contributed by atoms with Crippen LogP contribution in [0, 0.1) is 0 Å². The van der Waals surface area contributed by atoms with E-state index in [1.54, 1.807) is 0 Å². The van der Waals surface area contributed by atoms with E-state index < -0.39 is 0 Å². The van der Waals surface area contributed by atoms with Gasteiger partial charge in [0.15, 0.2) is 0 Å². The summed E-state index contributed by atoms with van der Waals surface area (Å²) < 4.78 is 5.71. The van der Waals surface area contributed by atoms with Crippen molar-refractivity contribution < 1.29 is 4.74 Å². The number of hydrogen-bond donors (Lipinski definition) is 1. The highest BCUT2D eigenvalue weighted by Crippen LogP contribution is 2.18. The van der Waals surface area contributed by atoms with Crippen molar-refractivity contribution in [3.05, 3.63) is 35.4 Å². The first-order valence-corrected chi connectivity index (χ1v) is 7.72. The SMILES string of the molecule is CC(C)NCc1ccccc1CN1CC(C)OCC1C. The van der Waals surface area contributed by atoms with Crippen LogP contribution in [0.4, 0.5) is 0 Å². The van der Waals surface area contributed by atoms with Gasteiger partial charge in [-0.15, -0.1) is 0 Å². The second kappa shape index (κ2) is 7.21. The summed E-state index contributed by atoms with van der Waals surface area (Å²) in [7, 11) is 0. The maximum absolute atomic E-state index is 5.71. The summed E-state index contributed by atoms with van der Waals surface area (Å²) >= 11 is 0. The summed E-state index contributed by atoms with van der Waals surface area (Å²) in [4.78, 5) is 2.53. The van der Waals surface area contributed by atoms with Gasteiger partial charge in [0.1, 0.15) is 0 Å². The zero-order valence-corrected chi connectivity index (χ0v) is 13.2. The van der Waals surface area contributed by atoms with Gasteiger partial charge in [-0.2, -0.15) is 0 Å². The number of nitrogens with one attached hydrogen (secondary N) is 1. The summed E-state index contributed by atoms with van der Waals surface area (Å²) in [5, 5.41) is 3.52. The van der Waals surface area contributed by atoms with Crippen molar-refractivity contribution in [1.29, 1.82) is 0 Å². The molecule has 2 unspecified atom stereocenters. The van der Waals surface area contributed by atoms with Crippen molar-refractivity contribution in [2.45, 2.75) is 59.0 Å². The van der Waals surface area contributed by atoms with Gasteiger partial charge in [0, 0.05) is 31.7 Å². The quantitative estimate of drug-likeness (QED) is 0.895. The lowest BCUT2D eigenvalue weighted by Gasteiger charge is -2.37. The molecule has 0 saturated carbocycles. The van der Waals surface area contributed by atoms with Gasteiger partial charge in [0.2, 0.25) is 0 Å². The first-order chi connectivity index (χ1) is 9.56. The van der Waals surface area contributed by atoms with Crippen LogP contribution in [0.3, 0.4) is 0 Å². The van der Waals surface area contributed by atoms with Gasteiger partial charge in [-0.1, -0.05) is 38.1 Å². The third-order valence-corrected chi connectivity index (χ3v) is 3.93. The molecule has 1 heterocycles. The molecule has 1 saturated heterocycles. The monoisotopic (exact) mass is 276 g/mol. The molecule has 1 aliphatic rings. The Labute approximate surface area is 123 Å². The van der Waals surface area contributed by atoms with Crippen molar-refractivity contribution in [1.82, 2.24) is 10.2 Å². The first-order valence-electron chi connectivity index (χ1n) is 7.72. The normalized spacial score (nSPS) is 24.2. The van der Waals surface area contributed by atoms with Gasteiger partial charge in [0.25, 0.3) is 0 Å². The van der Waals surface area contributed by atoms with Crippen LogP contribution >= 0.6 is 0 Å². The predicted molar refractivity (Wildman–Crippen MR) is 83.7 cm³/mol. The molecule has 1 aromatic carbocycles. The van der Waals surface area contributed by atoms with Crippen molar-refractivity contribution in [3.8, 4) is 0 Å². The van der Waals surface area contributed by atoms with E-state index in [0.29, 0.717) is 18.2 Å². The molecule has 1 N–H and O–H groups in total. The second-order valence-corrected chi connectivity index (χ2v) is 6.23. The summed E-state index contributed by atoms with van der Waals surface area (Å²) in [6, 6.07) is 9.78. The minimum atomic E-state index is 0.340. The van der Waals surface area contributed by atoms with Crippen molar-refractivity contribution >= 4 is 0 Å². The van der Waals surface area contributed by atoms with E-state index in [1.165, 1.54) is 11.1 Å². The number of nitrogens with zero attached hydrogens (tertiary/aromatic N) is 1. The maximum atomic E-state index is 5.71. The molecule has 0 bridgehead atoms. The van der Waals surface area contributed by atoms with Crippen LogP contribution in [0.5, 0.6) is 0 Å². The fourth-order valence-corrected chi connectivity index (χ4v) is 2.61. The van der Waals surface area contributed by atoms with Crippen LogP contribution in [0.2, 0.25) is 0 Å². The van der Waals surface area contributed by atoms with Crippen LogP contribution < -0.4 is 5.32 Å². The molecule has 20 heavy (non-hydrogen) atoms. The Bertz CT molecular complexity index is 419. The molecular weight excluding hydrogens is 248 g/mol. The van der Waals surface area contributed by atoms with E-state index in [1.807, 2.05) is 0 Å². The Balaban J connectivity index is 2.04. The minimum absolute atomic E-state index is 0.340. The average molecular weight is 276 g/mol. The van der Waals surface area contributed by atoms with E-state index in [9.17, 15) is 0 Å². The molecular formula is C17H28N2O. The molecule has 3 heteroatoms. The van der Waals surface area contributed by atoms with Crippen LogP contribution in [0.1, 0.15) is 38.8 Å². The summed E-state index contributed by atoms with van der Waals surface area (Å²) in [5.41, 5.74) is 2.84. The second-order valence-electron chi connectivity index (χ2n) is 6.23. The largest absolute Gasteiger partial charge is 0.376 e. The Kier molecular flexibility index (Phi) is 5.58. The maximum Gasteiger partial charge on any atom is 0.0674 e. The fourth-order valence-electron chi connectivity index (χ4n) is 2.61. The topological polar surface area (TPSA) is 24.5 Å². The van der Waals surface area contributed by atoms with E-state index in [4.69, 9.17) is 4.74 Å². The van der Waals surface area contributed by atoms with E-state index in [2.05, 4.69) is 62.2 Å². The molecule has 0 amide bonds. The average Bonchev–Trinajstić information content (AvgIpc) is 2.42. The third-order valence-electron chi connectivity index (χ3n) is 3.93. The number of morpholine rings is 1. The highest BCUT2D eigenvalue weighted by Gasteiger charge is 2.23. The molecule has 0 spiro atoms. The van der Waals surface area contributed by atoms with Gasteiger partial charge in [0.05, 0.1) is 12.7 Å². The van der Waals surface area contributed by atoms with Crippen LogP contribution in [-0.2, 0) is 17.8 Å². The van der Waals surface area contributed by atoms with Crippen LogP contribution in [0.15, 0.2) is 24.3 Å². The predicted octanol–water partition coefficient (Wildman–Crippen LogP) is 2.79. The molecule has 2 atom stereocenters. The summed E-state index contributed by atoms with van der Waals surface area (Å²) in [6.45, 7) is 12.6. The molecule has 0 aliphatic carbocycles. The Morgan fingerprint density at radius 1 is 1.25 bits per heavy atom. The van der Waals surface area contributed by atoms with Crippen molar-refractivity contribution in [2.75, 3.05) is 13.2 Å². The van der Waals surface area contributed by atoms with E-state index in [-0.39, 0.29) is 0 Å². The lowest BCUT2D eigenvalue weighted by Crippen LogP contribution is -2.46. The van der Waals surface area contributed by atoms with Gasteiger partial charge in [-0.05, 0) is 25.0 Å². The molecule has 3 nitrogen and oxygen atoms in total. The molecule has 112 valence electrons. The first kappa shape index (κ1) is 15.5. The smallest absolute Gasteiger partial charge is 0.0674 e. The number of ether oxygens (including phenoxy) is 1. The fraction of sp³-hybridized carbons (Fsp3) is 0.647. The molecule has 0 radical (unpaired) electrons. The van der Waals surface area contributed by atoms with E-state index >= 15 is 0 Å². The molecule has 1 fully saturated rings. The minimum Gasteiger partial charge on any atom is -0.376 e. The standard InChI is InChI=1S/C17H28N2O/c1-13(2)18-9-16-7-5-6-8-17(16)11-19-10-15(4)20-12-14(19)3/h5-8,13-15,18H,9-12H2,1-4H3. The van der Waals surface area contributed by atoms with Crippen LogP contribution in [-0.4, -0.2) is 36.2 Å². The summed E-state index contributed by atoms with van der Waals surface area (Å²) in [5.74, 6) is 0. The number of benzene rings is 1. The van der Waals surface area contributed by atoms with Crippen LogP contribution in [0.25, 0.3) is 0 Å². The Morgan fingerprint density at radius 2 is 1.95 bits per heavy atom. The zero-order valence-electron chi connectivity index (χ0n) is 13.2. The Morgan fingerprint density at radius 3 is 2.65 bits per heavy atom. The van der Waals surface area contributed by atoms with Crippen molar-refractivity contribution in [3.63, 3.8) is 0 Å². The van der Waals surface area contributed by atoms with Gasteiger partial charge >= 0.3 is 0 Å². The Hall–Kier alpha value is -0.900. The lowest BCUT2D eigenvalue weighted by molar-refractivity contribution is -0.0527. The lowest BCUT2D eigenvalue weighted by atomic mass is 10.0. The number of rotatable bonds is 5. The summed E-state index contributed by atoms with van der Waals surface area (Å²) in [6.07, 6.45) is 0.340. The highest BCUT2D eigenvalue weighted by atomic mass is 16.5. The molecule has 1 aromatic rings. The van der Waals surface area contributed by atoms with E-state index in [0.717, 1.165) is 26.2 Å². The highest BCUT2D eigenvalue weighted by molar-refractivity contribution is 5.27. The van der Waals surface area contributed by atoms with Crippen molar-refractivity contribution in [2.24, 2.45) is 0 Å². The molecule has 1 aliphatic heterocycles.